The van der Waals surface area contributed by atoms with E-state index in [0.717, 1.165) is 43.5 Å². The molecule has 0 spiro atoms. The van der Waals surface area contributed by atoms with Gasteiger partial charge in [-0.1, -0.05) is 30.3 Å². The first-order valence-electron chi connectivity index (χ1n) is 8.65. The van der Waals surface area contributed by atoms with Crippen LogP contribution < -0.4 is 10.1 Å². The molecule has 2 aromatic rings. The summed E-state index contributed by atoms with van der Waals surface area (Å²) < 4.78 is 5.20. The molecule has 0 bridgehead atoms. The zero-order valence-corrected chi connectivity index (χ0v) is 16.2. The number of halogens is 1. The second kappa shape index (κ2) is 10.3. The second-order valence-electron chi connectivity index (χ2n) is 6.92. The first kappa shape index (κ1) is 21.3. The van der Waals surface area contributed by atoms with Crippen molar-refractivity contribution in [3.05, 3.63) is 59.7 Å². The van der Waals surface area contributed by atoms with Crippen LogP contribution in [0, 0.1) is 0 Å². The third-order valence-corrected chi connectivity index (χ3v) is 4.27. The molecule has 25 heavy (non-hydrogen) atoms. The Kier molecular flexibility index (Phi) is 8.81. The van der Waals surface area contributed by atoms with Gasteiger partial charge in [-0.15, -0.1) is 12.4 Å². The molecule has 2 rings (SSSR count). The molecule has 0 aliphatic carbocycles. The van der Waals surface area contributed by atoms with Crippen molar-refractivity contribution in [2.24, 2.45) is 0 Å². The molecule has 0 unspecified atom stereocenters. The van der Waals surface area contributed by atoms with Crippen LogP contribution in [-0.4, -0.2) is 24.3 Å². The number of nitrogens with one attached hydrogen (secondary N) is 1. The summed E-state index contributed by atoms with van der Waals surface area (Å²) in [6.45, 7) is 5.46. The summed E-state index contributed by atoms with van der Waals surface area (Å²) in [5, 5.41) is 13.4. The van der Waals surface area contributed by atoms with Crippen LogP contribution >= 0.6 is 12.4 Å². The van der Waals surface area contributed by atoms with E-state index in [1.54, 1.807) is 13.2 Å². The van der Waals surface area contributed by atoms with Gasteiger partial charge in [0.05, 0.1) is 7.11 Å². The lowest BCUT2D eigenvalue weighted by atomic mass is 9.94. The average molecular weight is 364 g/mol. The van der Waals surface area contributed by atoms with E-state index < -0.39 is 0 Å². The number of ether oxygens (including phenoxy) is 1. The molecule has 0 saturated carbocycles. The van der Waals surface area contributed by atoms with Crippen LogP contribution in [0.2, 0.25) is 0 Å². The van der Waals surface area contributed by atoms with E-state index in [-0.39, 0.29) is 17.9 Å². The van der Waals surface area contributed by atoms with E-state index in [0.29, 0.717) is 5.75 Å². The maximum Gasteiger partial charge on any atom is 0.118 e. The lowest BCUT2D eigenvalue weighted by Crippen LogP contribution is -2.41. The largest absolute Gasteiger partial charge is 0.508 e. The minimum atomic E-state index is 0. The number of benzene rings is 2. The van der Waals surface area contributed by atoms with Crippen LogP contribution in [0.15, 0.2) is 48.5 Å². The topological polar surface area (TPSA) is 41.5 Å². The summed E-state index contributed by atoms with van der Waals surface area (Å²) in [7, 11) is 1.69. The van der Waals surface area contributed by atoms with Gasteiger partial charge in [-0.25, -0.2) is 0 Å². The molecular formula is C21H30ClNO2. The highest BCUT2D eigenvalue weighted by Crippen LogP contribution is 2.19. The van der Waals surface area contributed by atoms with Crippen LogP contribution in [-0.2, 0) is 12.8 Å². The van der Waals surface area contributed by atoms with Crippen LogP contribution in [0.3, 0.4) is 0 Å². The lowest BCUT2D eigenvalue weighted by molar-refractivity contribution is 0.380. The van der Waals surface area contributed by atoms with E-state index in [4.69, 9.17) is 4.74 Å². The van der Waals surface area contributed by atoms with Gasteiger partial charge in [0.1, 0.15) is 11.5 Å². The maximum absolute atomic E-state index is 9.77. The van der Waals surface area contributed by atoms with Crippen molar-refractivity contribution in [3.63, 3.8) is 0 Å². The molecule has 0 aliphatic rings. The van der Waals surface area contributed by atoms with Gasteiger partial charge < -0.3 is 15.2 Å². The molecule has 0 radical (unpaired) electrons. The van der Waals surface area contributed by atoms with E-state index >= 15 is 0 Å². The number of phenolic OH excluding ortho intramolecular Hbond substituents is 1. The Morgan fingerprint density at radius 3 is 2.32 bits per heavy atom. The second-order valence-corrected chi connectivity index (χ2v) is 6.92. The molecule has 0 aromatic heterocycles. The molecule has 0 aliphatic heterocycles. The monoisotopic (exact) mass is 363 g/mol. The number of hydrogen-bond donors (Lipinski definition) is 2. The van der Waals surface area contributed by atoms with Gasteiger partial charge in [-0.05, 0) is 75.4 Å². The highest BCUT2D eigenvalue weighted by molar-refractivity contribution is 5.85. The van der Waals surface area contributed by atoms with Gasteiger partial charge >= 0.3 is 0 Å². The standard InChI is InChI=1S/C21H29NO2.ClH/c1-21(2,16-17-11-13-19(24-3)14-12-17)22-15-7-6-9-18-8-4-5-10-20(18)23;/h4-5,8,10-14,22-23H,6-7,9,15-16H2,1-3H3;1H. The molecule has 2 N–H and O–H groups in total. The zero-order chi connectivity index (χ0) is 17.4. The summed E-state index contributed by atoms with van der Waals surface area (Å²) >= 11 is 0. The first-order chi connectivity index (χ1) is 11.5. The quantitative estimate of drug-likeness (QED) is 0.631. The van der Waals surface area contributed by atoms with Crippen molar-refractivity contribution in [1.82, 2.24) is 5.32 Å². The van der Waals surface area contributed by atoms with Crippen molar-refractivity contribution in [2.45, 2.75) is 45.1 Å². The Morgan fingerprint density at radius 2 is 1.68 bits per heavy atom. The average Bonchev–Trinajstić information content (AvgIpc) is 2.56. The summed E-state index contributed by atoms with van der Waals surface area (Å²) in [6, 6.07) is 15.9. The Labute approximate surface area is 157 Å². The van der Waals surface area contributed by atoms with E-state index in [2.05, 4.69) is 31.3 Å². The minimum absolute atomic E-state index is 0. The van der Waals surface area contributed by atoms with Gasteiger partial charge in [-0.2, -0.15) is 0 Å². The van der Waals surface area contributed by atoms with Crippen LogP contribution in [0.25, 0.3) is 0 Å². The molecule has 3 nitrogen and oxygen atoms in total. The fourth-order valence-electron chi connectivity index (χ4n) is 2.91. The maximum atomic E-state index is 9.77. The Bertz CT molecular complexity index is 626. The highest BCUT2D eigenvalue weighted by Gasteiger charge is 2.17. The predicted octanol–water partition coefficient (Wildman–Crippen LogP) is 4.76. The SMILES string of the molecule is COc1ccc(CC(C)(C)NCCCCc2ccccc2O)cc1.Cl. The van der Waals surface area contributed by atoms with Gasteiger partial charge in [0, 0.05) is 5.54 Å². The van der Waals surface area contributed by atoms with Crippen LogP contribution in [0.5, 0.6) is 11.5 Å². The number of phenols is 1. The lowest BCUT2D eigenvalue weighted by Gasteiger charge is -2.26. The third-order valence-electron chi connectivity index (χ3n) is 4.27. The van der Waals surface area contributed by atoms with Gasteiger partial charge in [0.25, 0.3) is 0 Å². The van der Waals surface area contributed by atoms with E-state index in [1.165, 1.54) is 5.56 Å². The summed E-state index contributed by atoms with van der Waals surface area (Å²) in [5.41, 5.74) is 2.40. The predicted molar refractivity (Wildman–Crippen MR) is 107 cm³/mol. The van der Waals surface area contributed by atoms with Crippen LogP contribution in [0.4, 0.5) is 0 Å². The van der Waals surface area contributed by atoms with Crippen molar-refractivity contribution in [3.8, 4) is 11.5 Å². The Morgan fingerprint density at radius 1 is 1.00 bits per heavy atom. The van der Waals surface area contributed by atoms with Gasteiger partial charge in [0.15, 0.2) is 0 Å². The zero-order valence-electron chi connectivity index (χ0n) is 15.4. The van der Waals surface area contributed by atoms with E-state index in [9.17, 15) is 5.11 Å². The highest BCUT2D eigenvalue weighted by atomic mass is 35.5. The summed E-state index contributed by atoms with van der Waals surface area (Å²) in [5.74, 6) is 1.30. The molecule has 0 amide bonds. The smallest absolute Gasteiger partial charge is 0.118 e. The van der Waals surface area contributed by atoms with Crippen molar-refractivity contribution in [1.29, 1.82) is 0 Å². The Hall–Kier alpha value is -1.71. The molecule has 138 valence electrons. The van der Waals surface area contributed by atoms with Crippen molar-refractivity contribution < 1.29 is 9.84 Å². The molecule has 0 fully saturated rings. The van der Waals surface area contributed by atoms with Gasteiger partial charge in [0.2, 0.25) is 0 Å². The molecule has 0 atom stereocenters. The number of para-hydroxylation sites is 1. The first-order valence-corrected chi connectivity index (χ1v) is 8.65. The Balaban J connectivity index is 0.00000312. The third kappa shape index (κ3) is 7.37. The van der Waals surface area contributed by atoms with Crippen LogP contribution in [0.1, 0.15) is 37.8 Å². The fourth-order valence-corrected chi connectivity index (χ4v) is 2.91. The molecule has 0 saturated heterocycles. The van der Waals surface area contributed by atoms with Crippen molar-refractivity contribution in [2.75, 3.05) is 13.7 Å². The summed E-state index contributed by atoms with van der Waals surface area (Å²) in [6.07, 6.45) is 4.08. The minimum Gasteiger partial charge on any atom is -0.508 e. The summed E-state index contributed by atoms with van der Waals surface area (Å²) in [4.78, 5) is 0. The molecule has 2 aromatic carbocycles. The number of aromatic hydroxyl groups is 1. The van der Waals surface area contributed by atoms with E-state index in [1.807, 2.05) is 30.3 Å². The normalized spacial score (nSPS) is 11.0. The number of methoxy groups -OCH3 is 1. The van der Waals surface area contributed by atoms with Crippen molar-refractivity contribution >= 4 is 12.4 Å². The number of rotatable bonds is 9. The fraction of sp³-hybridized carbons (Fsp3) is 0.429. The number of aryl methyl sites for hydroxylation is 1. The van der Waals surface area contributed by atoms with Gasteiger partial charge in [-0.3, -0.25) is 0 Å². The molecular weight excluding hydrogens is 334 g/mol. The number of hydrogen-bond acceptors (Lipinski definition) is 3. The number of unbranched alkanes of at least 4 members (excludes halogenated alkanes) is 1. The molecule has 4 heteroatoms. The molecule has 0 heterocycles.